The van der Waals surface area contributed by atoms with Crippen LogP contribution in [0.15, 0.2) is 52.5 Å². The van der Waals surface area contributed by atoms with E-state index >= 15 is 0 Å². The summed E-state index contributed by atoms with van der Waals surface area (Å²) >= 11 is 1.66. The van der Waals surface area contributed by atoms with Crippen LogP contribution in [0.4, 0.5) is 0 Å². The fourth-order valence-electron chi connectivity index (χ4n) is 1.50. The Bertz CT molecular complexity index is 469. The molecule has 0 amide bonds. The molecule has 0 radical (unpaired) electrons. The van der Waals surface area contributed by atoms with Crippen molar-refractivity contribution in [1.29, 1.82) is 0 Å². The van der Waals surface area contributed by atoms with E-state index in [2.05, 4.69) is 24.0 Å². The molecule has 1 heterocycles. The second-order valence-electron chi connectivity index (χ2n) is 3.53. The zero-order chi connectivity index (χ0) is 11.4. The molecule has 0 spiro atoms. The average Bonchev–Trinajstić information content (AvgIpc) is 2.31. The lowest BCUT2D eigenvalue weighted by molar-refractivity contribution is 0.943. The van der Waals surface area contributed by atoms with Gasteiger partial charge in [-0.25, -0.2) is 4.98 Å². The molecule has 0 aliphatic rings. The van der Waals surface area contributed by atoms with E-state index in [0.717, 1.165) is 10.6 Å². The van der Waals surface area contributed by atoms with Gasteiger partial charge in [0.15, 0.2) is 0 Å². The number of hydrogen-bond donors (Lipinski definition) is 1. The number of rotatable bonds is 3. The number of benzene rings is 1. The molecule has 0 aliphatic heterocycles. The monoisotopic (exact) mass is 230 g/mol. The second-order valence-corrected chi connectivity index (χ2v) is 4.59. The number of aromatic nitrogens is 1. The van der Waals surface area contributed by atoms with Gasteiger partial charge in [-0.3, -0.25) is 0 Å². The summed E-state index contributed by atoms with van der Waals surface area (Å²) in [5.41, 5.74) is 8.09. The van der Waals surface area contributed by atoms with E-state index < -0.39 is 0 Å². The van der Waals surface area contributed by atoms with E-state index in [9.17, 15) is 0 Å². The number of nitrogens with zero attached hydrogens (tertiary/aromatic N) is 1. The number of aryl methyl sites for hydroxylation is 1. The van der Waals surface area contributed by atoms with Crippen molar-refractivity contribution >= 4 is 11.8 Å². The summed E-state index contributed by atoms with van der Waals surface area (Å²) in [6.45, 7) is 2.60. The predicted octanol–water partition coefficient (Wildman–Crippen LogP) is 3.00. The Morgan fingerprint density at radius 3 is 2.62 bits per heavy atom. The molecule has 2 nitrogen and oxygen atoms in total. The van der Waals surface area contributed by atoms with Gasteiger partial charge in [-0.2, -0.15) is 0 Å². The molecule has 0 fully saturated rings. The highest BCUT2D eigenvalue weighted by atomic mass is 32.2. The maximum absolute atomic E-state index is 5.75. The molecule has 0 aliphatic carbocycles. The van der Waals surface area contributed by atoms with Gasteiger partial charge < -0.3 is 5.73 Å². The molecule has 0 saturated carbocycles. The van der Waals surface area contributed by atoms with Crippen molar-refractivity contribution in [3.63, 3.8) is 0 Å². The van der Waals surface area contributed by atoms with Crippen molar-refractivity contribution in [3.8, 4) is 0 Å². The summed E-state index contributed by atoms with van der Waals surface area (Å²) in [5.74, 6) is 0. The SMILES string of the molecule is Cc1ccnc(Sc2ccccc2)c1CN. The minimum Gasteiger partial charge on any atom is -0.326 e. The van der Waals surface area contributed by atoms with Crippen molar-refractivity contribution in [2.24, 2.45) is 5.73 Å². The van der Waals surface area contributed by atoms with E-state index in [0.29, 0.717) is 6.54 Å². The first-order valence-corrected chi connectivity index (χ1v) is 6.00. The molecule has 2 rings (SSSR count). The summed E-state index contributed by atoms with van der Waals surface area (Å²) in [4.78, 5) is 5.58. The van der Waals surface area contributed by atoms with Gasteiger partial charge in [0.2, 0.25) is 0 Å². The predicted molar refractivity (Wildman–Crippen MR) is 67.4 cm³/mol. The van der Waals surface area contributed by atoms with E-state index in [-0.39, 0.29) is 0 Å². The first-order chi connectivity index (χ1) is 7.81. The van der Waals surface area contributed by atoms with Crippen LogP contribution in [0.1, 0.15) is 11.1 Å². The van der Waals surface area contributed by atoms with Crippen molar-refractivity contribution in [2.75, 3.05) is 0 Å². The molecular weight excluding hydrogens is 216 g/mol. The van der Waals surface area contributed by atoms with Gasteiger partial charge in [-0.1, -0.05) is 30.0 Å². The minimum absolute atomic E-state index is 0.537. The number of hydrogen-bond acceptors (Lipinski definition) is 3. The average molecular weight is 230 g/mol. The van der Waals surface area contributed by atoms with Crippen molar-refractivity contribution in [1.82, 2.24) is 4.98 Å². The fourth-order valence-corrected chi connectivity index (χ4v) is 2.50. The highest BCUT2D eigenvalue weighted by Crippen LogP contribution is 2.29. The summed E-state index contributed by atoms with van der Waals surface area (Å²) in [6, 6.07) is 12.2. The number of pyridine rings is 1. The third-order valence-electron chi connectivity index (χ3n) is 2.41. The van der Waals surface area contributed by atoms with E-state index in [1.165, 1.54) is 10.5 Å². The Hall–Kier alpha value is -1.32. The second kappa shape index (κ2) is 5.14. The molecule has 1 aromatic carbocycles. The Kier molecular flexibility index (Phi) is 3.59. The van der Waals surface area contributed by atoms with Crippen LogP contribution >= 0.6 is 11.8 Å². The zero-order valence-corrected chi connectivity index (χ0v) is 10.00. The molecule has 82 valence electrons. The maximum atomic E-state index is 5.75. The molecule has 0 unspecified atom stereocenters. The Labute approximate surface area is 99.9 Å². The fraction of sp³-hybridized carbons (Fsp3) is 0.154. The molecule has 16 heavy (non-hydrogen) atoms. The standard InChI is InChI=1S/C13H14N2S/c1-10-7-8-15-13(12(10)9-14)16-11-5-3-2-4-6-11/h2-8H,9,14H2,1H3. The van der Waals surface area contributed by atoms with Crippen molar-refractivity contribution in [3.05, 3.63) is 53.7 Å². The summed E-state index contributed by atoms with van der Waals surface area (Å²) < 4.78 is 0. The highest BCUT2D eigenvalue weighted by Gasteiger charge is 2.06. The van der Waals surface area contributed by atoms with Crippen molar-refractivity contribution in [2.45, 2.75) is 23.4 Å². The lowest BCUT2D eigenvalue weighted by atomic mass is 10.2. The molecule has 2 aromatic rings. The van der Waals surface area contributed by atoms with Crippen LogP contribution in [0.25, 0.3) is 0 Å². The van der Waals surface area contributed by atoms with Crippen LogP contribution in [0.3, 0.4) is 0 Å². The van der Waals surface area contributed by atoms with Gasteiger partial charge in [0.1, 0.15) is 5.03 Å². The molecule has 1 aromatic heterocycles. The van der Waals surface area contributed by atoms with Crippen LogP contribution in [0.2, 0.25) is 0 Å². The van der Waals surface area contributed by atoms with Crippen molar-refractivity contribution < 1.29 is 0 Å². The van der Waals surface area contributed by atoms with Gasteiger partial charge in [0.25, 0.3) is 0 Å². The topological polar surface area (TPSA) is 38.9 Å². The molecule has 3 heteroatoms. The molecular formula is C13H14N2S. The Morgan fingerprint density at radius 2 is 1.94 bits per heavy atom. The van der Waals surface area contributed by atoms with E-state index in [1.54, 1.807) is 11.8 Å². The Balaban J connectivity index is 2.31. The molecule has 0 bridgehead atoms. The largest absolute Gasteiger partial charge is 0.326 e. The summed E-state index contributed by atoms with van der Waals surface area (Å²) in [7, 11) is 0. The van der Waals surface area contributed by atoms with E-state index in [4.69, 9.17) is 5.73 Å². The summed E-state index contributed by atoms with van der Waals surface area (Å²) in [6.07, 6.45) is 1.83. The third-order valence-corrected chi connectivity index (χ3v) is 3.47. The molecule has 2 N–H and O–H groups in total. The zero-order valence-electron chi connectivity index (χ0n) is 9.18. The van der Waals surface area contributed by atoms with Crippen LogP contribution < -0.4 is 5.73 Å². The first-order valence-electron chi connectivity index (χ1n) is 5.18. The maximum Gasteiger partial charge on any atom is 0.105 e. The molecule has 0 saturated heterocycles. The van der Waals surface area contributed by atoms with Gasteiger partial charge in [-0.05, 0) is 30.7 Å². The Morgan fingerprint density at radius 1 is 1.19 bits per heavy atom. The van der Waals surface area contributed by atoms with E-state index in [1.807, 2.05) is 30.5 Å². The normalized spacial score (nSPS) is 10.4. The lowest BCUT2D eigenvalue weighted by Gasteiger charge is -2.08. The first kappa shape index (κ1) is 11.2. The van der Waals surface area contributed by atoms with Crippen LogP contribution in [0.5, 0.6) is 0 Å². The smallest absolute Gasteiger partial charge is 0.105 e. The summed E-state index contributed by atoms with van der Waals surface area (Å²) in [5, 5.41) is 1.01. The molecule has 0 atom stereocenters. The van der Waals surface area contributed by atoms with Gasteiger partial charge in [-0.15, -0.1) is 0 Å². The van der Waals surface area contributed by atoms with Gasteiger partial charge in [0.05, 0.1) is 0 Å². The van der Waals surface area contributed by atoms with Crippen LogP contribution in [0, 0.1) is 6.92 Å². The quantitative estimate of drug-likeness (QED) is 0.881. The highest BCUT2D eigenvalue weighted by molar-refractivity contribution is 7.99. The number of nitrogens with two attached hydrogens (primary N) is 1. The minimum atomic E-state index is 0.537. The lowest BCUT2D eigenvalue weighted by Crippen LogP contribution is -2.02. The van der Waals surface area contributed by atoms with Gasteiger partial charge >= 0.3 is 0 Å². The van der Waals surface area contributed by atoms with Crippen LogP contribution in [-0.4, -0.2) is 4.98 Å². The van der Waals surface area contributed by atoms with Crippen LogP contribution in [-0.2, 0) is 6.54 Å². The third kappa shape index (κ3) is 2.43. The van der Waals surface area contributed by atoms with Gasteiger partial charge in [0, 0.05) is 23.2 Å².